The third kappa shape index (κ3) is 3.89. The molecule has 0 spiro atoms. The molecule has 0 saturated carbocycles. The fourth-order valence-electron chi connectivity index (χ4n) is 2.80. The van der Waals surface area contributed by atoms with Crippen LogP contribution in [0.2, 0.25) is 0 Å². The molecule has 0 aliphatic carbocycles. The maximum atomic E-state index is 12.5. The van der Waals surface area contributed by atoms with Crippen molar-refractivity contribution in [1.82, 2.24) is 4.68 Å². The number of benzene rings is 2. The molecule has 0 radical (unpaired) electrons. The molecule has 146 valence electrons. The number of rotatable bonds is 4. The van der Waals surface area contributed by atoms with Gasteiger partial charge in [-0.2, -0.15) is 4.68 Å². The monoisotopic (exact) mass is 487 g/mol. The van der Waals surface area contributed by atoms with Crippen molar-refractivity contribution in [1.29, 1.82) is 0 Å². The lowest BCUT2D eigenvalue weighted by molar-refractivity contribution is 0.101. The predicted octanol–water partition coefficient (Wildman–Crippen LogP) is 5.40. The van der Waals surface area contributed by atoms with E-state index in [4.69, 9.17) is 17.0 Å². The number of hydrogen-bond acceptors (Lipinski definition) is 6. The minimum Gasteiger partial charge on any atom is -0.497 e. The van der Waals surface area contributed by atoms with Crippen LogP contribution >= 0.6 is 39.5 Å². The van der Waals surface area contributed by atoms with Crippen LogP contribution in [0.1, 0.15) is 20.8 Å². The number of halogens is 1. The molecule has 3 aromatic rings. The Morgan fingerprint density at radius 1 is 1.31 bits per heavy atom. The van der Waals surface area contributed by atoms with Crippen LogP contribution in [0.25, 0.3) is 11.6 Å². The average Bonchev–Trinajstić information content (AvgIpc) is 3.23. The van der Waals surface area contributed by atoms with Crippen LogP contribution in [0, 0.1) is 3.95 Å². The molecule has 6 nitrogen and oxygen atoms in total. The van der Waals surface area contributed by atoms with Crippen LogP contribution in [0.3, 0.4) is 0 Å². The maximum Gasteiger partial charge on any atom is 0.270 e. The SMILES string of the molecule is COc1ccc(C(=O)Nn2c(O)c(C=C3C=Nc4ccc(Br)cc43)sc2=S)cc1. The highest BCUT2D eigenvalue weighted by Crippen LogP contribution is 2.37. The van der Waals surface area contributed by atoms with Gasteiger partial charge >= 0.3 is 0 Å². The van der Waals surface area contributed by atoms with Gasteiger partial charge in [0.25, 0.3) is 5.91 Å². The number of carbonyl (C=O) groups excluding carboxylic acids is 1. The molecule has 0 atom stereocenters. The Hall–Kier alpha value is -2.75. The molecule has 1 amide bonds. The summed E-state index contributed by atoms with van der Waals surface area (Å²) in [5.41, 5.74) is 5.70. The lowest BCUT2D eigenvalue weighted by atomic mass is 10.1. The molecule has 0 saturated heterocycles. The lowest BCUT2D eigenvalue weighted by Crippen LogP contribution is -2.22. The highest BCUT2D eigenvalue weighted by Gasteiger charge is 2.17. The highest BCUT2D eigenvalue weighted by molar-refractivity contribution is 9.10. The fraction of sp³-hybridized carbons (Fsp3) is 0.0500. The van der Waals surface area contributed by atoms with E-state index in [1.54, 1.807) is 43.7 Å². The van der Waals surface area contributed by atoms with Gasteiger partial charge in [0.2, 0.25) is 5.88 Å². The zero-order valence-corrected chi connectivity index (χ0v) is 18.3. The first-order chi connectivity index (χ1) is 14.0. The summed E-state index contributed by atoms with van der Waals surface area (Å²) in [6.07, 6.45) is 3.53. The summed E-state index contributed by atoms with van der Waals surface area (Å²) < 4.78 is 7.55. The Balaban J connectivity index is 1.62. The van der Waals surface area contributed by atoms with E-state index in [0.717, 1.165) is 21.3 Å². The van der Waals surface area contributed by atoms with Crippen molar-refractivity contribution in [3.63, 3.8) is 0 Å². The number of amides is 1. The number of fused-ring (bicyclic) bond motifs is 1. The Morgan fingerprint density at radius 2 is 2.07 bits per heavy atom. The molecule has 1 aromatic heterocycles. The molecular weight excluding hydrogens is 474 g/mol. The van der Waals surface area contributed by atoms with Gasteiger partial charge in [0.05, 0.1) is 17.7 Å². The minimum absolute atomic E-state index is 0.133. The first kappa shape index (κ1) is 19.6. The van der Waals surface area contributed by atoms with Gasteiger partial charge in [0, 0.05) is 27.4 Å². The first-order valence-corrected chi connectivity index (χ1v) is 10.4. The van der Waals surface area contributed by atoms with Gasteiger partial charge in [-0.3, -0.25) is 15.2 Å². The van der Waals surface area contributed by atoms with Gasteiger partial charge in [-0.25, -0.2) is 0 Å². The standard InChI is InChI=1S/C20H14BrN3O3S2/c1-27-14-5-2-11(3-6-14)18(25)23-24-19(26)17(29-20(24)28)8-12-10-22-16-7-4-13(21)9-15(12)16/h2-10,26H,1H3,(H,23,25). The summed E-state index contributed by atoms with van der Waals surface area (Å²) in [6.45, 7) is 0. The van der Waals surface area contributed by atoms with E-state index in [0.29, 0.717) is 20.1 Å². The number of nitrogens with zero attached hydrogens (tertiary/aromatic N) is 2. The lowest BCUT2D eigenvalue weighted by Gasteiger charge is -2.08. The molecule has 4 rings (SSSR count). The Bertz CT molecular complexity index is 1230. The summed E-state index contributed by atoms with van der Waals surface area (Å²) in [5, 5.41) is 10.6. The smallest absolute Gasteiger partial charge is 0.270 e. The Labute approximate surface area is 183 Å². The van der Waals surface area contributed by atoms with Gasteiger partial charge in [-0.15, -0.1) is 0 Å². The molecule has 0 bridgehead atoms. The number of methoxy groups -OCH3 is 1. The summed E-state index contributed by atoms with van der Waals surface area (Å²) >= 11 is 9.98. The average molecular weight is 488 g/mol. The molecule has 29 heavy (non-hydrogen) atoms. The van der Waals surface area contributed by atoms with Crippen molar-refractivity contribution >= 4 is 68.9 Å². The van der Waals surface area contributed by atoms with E-state index in [-0.39, 0.29) is 5.88 Å². The quantitative estimate of drug-likeness (QED) is 0.483. The Morgan fingerprint density at radius 3 is 2.79 bits per heavy atom. The number of allylic oxidation sites excluding steroid dienone is 1. The van der Waals surface area contributed by atoms with Crippen molar-refractivity contribution in [3.8, 4) is 11.6 Å². The molecule has 1 aliphatic heterocycles. The zero-order chi connectivity index (χ0) is 20.5. The summed E-state index contributed by atoms with van der Waals surface area (Å²) in [4.78, 5) is 17.4. The molecular formula is C20H14BrN3O3S2. The van der Waals surface area contributed by atoms with Crippen LogP contribution in [-0.4, -0.2) is 29.0 Å². The van der Waals surface area contributed by atoms with E-state index < -0.39 is 5.91 Å². The molecule has 2 N–H and O–H groups in total. The second-order valence-electron chi connectivity index (χ2n) is 6.08. The van der Waals surface area contributed by atoms with Gasteiger partial charge < -0.3 is 9.84 Å². The molecule has 2 heterocycles. The molecule has 9 heteroatoms. The van der Waals surface area contributed by atoms with Gasteiger partial charge in [0.1, 0.15) is 5.75 Å². The Kier molecular flexibility index (Phi) is 5.35. The zero-order valence-electron chi connectivity index (χ0n) is 15.0. The highest BCUT2D eigenvalue weighted by atomic mass is 79.9. The molecule has 2 aromatic carbocycles. The molecule has 0 unspecified atom stereocenters. The largest absolute Gasteiger partial charge is 0.497 e. The van der Waals surface area contributed by atoms with Crippen molar-refractivity contribution in [2.45, 2.75) is 0 Å². The summed E-state index contributed by atoms with van der Waals surface area (Å²) in [5.74, 6) is 0.120. The molecule has 0 fully saturated rings. The van der Waals surface area contributed by atoms with E-state index in [2.05, 4.69) is 26.3 Å². The van der Waals surface area contributed by atoms with E-state index in [1.807, 2.05) is 18.2 Å². The van der Waals surface area contributed by atoms with Gasteiger partial charge in [-0.05, 0) is 60.8 Å². The van der Waals surface area contributed by atoms with Crippen molar-refractivity contribution in [2.24, 2.45) is 4.99 Å². The number of aliphatic imine (C=N–C) groups is 1. The van der Waals surface area contributed by atoms with E-state index in [9.17, 15) is 9.90 Å². The summed E-state index contributed by atoms with van der Waals surface area (Å²) in [6, 6.07) is 12.4. The van der Waals surface area contributed by atoms with E-state index in [1.165, 1.54) is 16.0 Å². The van der Waals surface area contributed by atoms with Gasteiger partial charge in [-0.1, -0.05) is 27.3 Å². The third-order valence-corrected chi connectivity index (χ3v) is 6.08. The van der Waals surface area contributed by atoms with Crippen LogP contribution < -0.4 is 10.2 Å². The number of hydrogen-bond donors (Lipinski definition) is 2. The predicted molar refractivity (Wildman–Crippen MR) is 122 cm³/mol. The van der Waals surface area contributed by atoms with Crippen LogP contribution in [0.4, 0.5) is 5.69 Å². The number of aromatic hydroxyl groups is 1. The number of aromatic nitrogens is 1. The maximum absolute atomic E-state index is 12.5. The normalized spacial score (nSPS) is 13.5. The number of thiazole rings is 1. The molecule has 1 aliphatic rings. The second kappa shape index (κ2) is 7.94. The van der Waals surface area contributed by atoms with Crippen LogP contribution in [0.15, 0.2) is 51.9 Å². The van der Waals surface area contributed by atoms with Crippen LogP contribution in [0.5, 0.6) is 11.6 Å². The van der Waals surface area contributed by atoms with Crippen molar-refractivity contribution < 1.29 is 14.6 Å². The number of carbonyl (C=O) groups is 1. The van der Waals surface area contributed by atoms with Crippen molar-refractivity contribution in [2.75, 3.05) is 12.5 Å². The van der Waals surface area contributed by atoms with Gasteiger partial charge in [0.15, 0.2) is 3.95 Å². The fourth-order valence-corrected chi connectivity index (χ4v) is 4.34. The minimum atomic E-state index is -0.396. The van der Waals surface area contributed by atoms with Crippen molar-refractivity contribution in [3.05, 3.63) is 66.9 Å². The third-order valence-electron chi connectivity index (χ3n) is 4.28. The first-order valence-electron chi connectivity index (χ1n) is 8.42. The van der Waals surface area contributed by atoms with E-state index >= 15 is 0 Å². The second-order valence-corrected chi connectivity index (χ2v) is 8.67. The number of nitrogens with one attached hydrogen (secondary N) is 1. The van der Waals surface area contributed by atoms with Crippen LogP contribution in [-0.2, 0) is 0 Å². The summed E-state index contributed by atoms with van der Waals surface area (Å²) in [7, 11) is 1.56. The topological polar surface area (TPSA) is 75.8 Å². The number of ether oxygens (including phenoxy) is 1.